The fourth-order valence-electron chi connectivity index (χ4n) is 8.91. The smallest absolute Gasteiger partial charge is 0.160 e. The van der Waals surface area contributed by atoms with Gasteiger partial charge in [-0.3, -0.25) is 0 Å². The van der Waals surface area contributed by atoms with Gasteiger partial charge >= 0.3 is 0 Å². The van der Waals surface area contributed by atoms with E-state index in [1.54, 1.807) is 0 Å². The van der Waals surface area contributed by atoms with Crippen molar-refractivity contribution in [1.82, 2.24) is 9.97 Å². The van der Waals surface area contributed by atoms with Gasteiger partial charge in [-0.2, -0.15) is 0 Å². The number of hydrogen-bond donors (Lipinski definition) is 0. The summed E-state index contributed by atoms with van der Waals surface area (Å²) in [6, 6.07) is 72.2. The van der Waals surface area contributed by atoms with Crippen LogP contribution in [-0.4, -0.2) is 9.97 Å². The maximum atomic E-state index is 5.21. The quantitative estimate of drug-likeness (QED) is 0.169. The van der Waals surface area contributed by atoms with E-state index in [1.165, 1.54) is 64.7 Å². The van der Waals surface area contributed by atoms with E-state index in [2.05, 4.69) is 189 Å². The molecule has 0 saturated heterocycles. The third-order valence-corrected chi connectivity index (χ3v) is 12.9. The van der Waals surface area contributed by atoms with E-state index >= 15 is 0 Å². The molecule has 0 aliphatic heterocycles. The van der Waals surface area contributed by atoms with Gasteiger partial charge < -0.3 is 0 Å². The van der Waals surface area contributed by atoms with Crippen LogP contribution in [0.15, 0.2) is 200 Å². The summed E-state index contributed by atoms with van der Waals surface area (Å²) >= 11 is 1.85. The Morgan fingerprint density at radius 1 is 0.386 bits per heavy atom. The molecule has 0 radical (unpaired) electrons. The van der Waals surface area contributed by atoms with Crippen LogP contribution >= 0.6 is 11.3 Å². The van der Waals surface area contributed by atoms with Gasteiger partial charge in [-0.05, 0) is 81.3 Å². The first-order valence-corrected chi connectivity index (χ1v) is 20.3. The lowest BCUT2D eigenvalue weighted by atomic mass is 9.74. The largest absolute Gasteiger partial charge is 0.228 e. The van der Waals surface area contributed by atoms with Crippen molar-refractivity contribution >= 4 is 31.5 Å². The van der Waals surface area contributed by atoms with Crippen molar-refractivity contribution in [3.63, 3.8) is 0 Å². The molecular formula is C54H36N2S. The van der Waals surface area contributed by atoms with Gasteiger partial charge in [0.2, 0.25) is 0 Å². The van der Waals surface area contributed by atoms with E-state index in [0.717, 1.165) is 33.6 Å². The molecule has 10 aromatic rings. The summed E-state index contributed by atoms with van der Waals surface area (Å²) < 4.78 is 2.63. The van der Waals surface area contributed by atoms with E-state index in [-0.39, 0.29) is 5.41 Å². The van der Waals surface area contributed by atoms with E-state index in [1.807, 2.05) is 29.5 Å². The molecule has 2 nitrogen and oxygen atoms in total. The van der Waals surface area contributed by atoms with E-state index in [4.69, 9.17) is 9.97 Å². The Kier molecular flexibility index (Phi) is 7.84. The molecule has 0 saturated carbocycles. The molecule has 1 atom stereocenters. The molecule has 1 aliphatic rings. The summed E-state index contributed by atoms with van der Waals surface area (Å²) in [5.74, 6) is 0.709. The van der Waals surface area contributed by atoms with Crippen molar-refractivity contribution in [2.24, 2.45) is 0 Å². The van der Waals surface area contributed by atoms with Gasteiger partial charge in [-0.15, -0.1) is 11.3 Å². The molecule has 11 rings (SSSR count). The first-order chi connectivity index (χ1) is 28.1. The second kappa shape index (κ2) is 13.4. The number of benzene rings is 8. The van der Waals surface area contributed by atoms with Crippen molar-refractivity contribution in [3.05, 3.63) is 217 Å². The van der Waals surface area contributed by atoms with Gasteiger partial charge in [-0.25, -0.2) is 9.97 Å². The maximum absolute atomic E-state index is 5.21. The lowest BCUT2D eigenvalue weighted by Crippen LogP contribution is -2.22. The number of thiophene rings is 1. The van der Waals surface area contributed by atoms with Gasteiger partial charge in [0.05, 0.1) is 11.4 Å². The number of nitrogens with zero attached hydrogens (tertiary/aromatic N) is 2. The summed E-state index contributed by atoms with van der Waals surface area (Å²) in [5, 5.41) is 2.64. The van der Waals surface area contributed by atoms with Gasteiger partial charge in [0.15, 0.2) is 5.82 Å². The molecule has 1 aliphatic carbocycles. The normalized spacial score (nSPS) is 14.5. The van der Waals surface area contributed by atoms with Crippen LogP contribution in [0.5, 0.6) is 0 Å². The van der Waals surface area contributed by atoms with Crippen molar-refractivity contribution in [2.75, 3.05) is 0 Å². The Bertz CT molecular complexity index is 3130. The number of rotatable bonds is 6. The molecule has 0 spiro atoms. The highest BCUT2D eigenvalue weighted by molar-refractivity contribution is 7.25. The minimum Gasteiger partial charge on any atom is -0.228 e. The summed E-state index contributed by atoms with van der Waals surface area (Å²) in [6.45, 7) is 2.37. The Labute approximate surface area is 336 Å². The van der Waals surface area contributed by atoms with Crippen molar-refractivity contribution in [2.45, 2.75) is 12.3 Å². The molecule has 8 aromatic carbocycles. The predicted molar refractivity (Wildman–Crippen MR) is 240 cm³/mol. The molecule has 2 heterocycles. The fraction of sp³-hybridized carbons (Fsp3) is 0.0370. The van der Waals surface area contributed by atoms with E-state index in [9.17, 15) is 0 Å². The average Bonchev–Trinajstić information content (AvgIpc) is 3.80. The van der Waals surface area contributed by atoms with Gasteiger partial charge in [0, 0.05) is 42.3 Å². The molecular weight excluding hydrogens is 709 g/mol. The monoisotopic (exact) mass is 744 g/mol. The second-order valence-electron chi connectivity index (χ2n) is 15.1. The molecule has 0 bridgehead atoms. The predicted octanol–water partition coefficient (Wildman–Crippen LogP) is 14.5. The molecule has 0 N–H and O–H groups in total. The van der Waals surface area contributed by atoms with Crippen LogP contribution in [0.1, 0.15) is 23.6 Å². The zero-order valence-corrected chi connectivity index (χ0v) is 32.2. The number of aromatic nitrogens is 2. The Balaban J connectivity index is 1.00. The van der Waals surface area contributed by atoms with Crippen LogP contribution in [0.25, 0.3) is 87.5 Å². The highest BCUT2D eigenvalue weighted by atomic mass is 32.1. The van der Waals surface area contributed by atoms with Gasteiger partial charge in [-0.1, -0.05) is 176 Å². The minimum absolute atomic E-state index is 0.256. The Hall–Kier alpha value is -6.94. The van der Waals surface area contributed by atoms with Crippen LogP contribution in [-0.2, 0) is 5.41 Å². The third kappa shape index (κ3) is 5.54. The van der Waals surface area contributed by atoms with Crippen LogP contribution in [0.4, 0.5) is 0 Å². The Morgan fingerprint density at radius 3 is 1.82 bits per heavy atom. The molecule has 0 amide bonds. The summed E-state index contributed by atoms with van der Waals surface area (Å²) in [5.41, 5.74) is 16.0. The van der Waals surface area contributed by atoms with Crippen molar-refractivity contribution < 1.29 is 0 Å². The molecule has 57 heavy (non-hydrogen) atoms. The van der Waals surface area contributed by atoms with Gasteiger partial charge in [0.25, 0.3) is 0 Å². The first-order valence-electron chi connectivity index (χ1n) is 19.5. The van der Waals surface area contributed by atoms with Crippen LogP contribution in [0, 0.1) is 0 Å². The highest BCUT2D eigenvalue weighted by Gasteiger charge is 2.41. The molecule has 2 aromatic heterocycles. The molecule has 268 valence electrons. The number of fused-ring (bicyclic) bond motifs is 6. The van der Waals surface area contributed by atoms with Crippen LogP contribution in [0.3, 0.4) is 0 Å². The standard InChI is InChI=1S/C54H36N2S/c1-54(41-18-6-3-7-19-41)46-23-10-8-21-45(46)52-42(22-13-24-47(52)54)39-16-12-17-40(32-39)49-34-48(55-53(56-49)37-14-4-2-5-15-37)36-28-26-35(27-29-36)38-30-31-44-43-20-9-11-25-50(43)57-51(44)33-38/h2-34H,1H3. The number of hydrogen-bond acceptors (Lipinski definition) is 3. The average molecular weight is 745 g/mol. The maximum Gasteiger partial charge on any atom is 0.160 e. The molecule has 3 heteroatoms. The van der Waals surface area contributed by atoms with E-state index < -0.39 is 0 Å². The molecule has 1 unspecified atom stereocenters. The van der Waals surface area contributed by atoms with Crippen LogP contribution in [0.2, 0.25) is 0 Å². The first kappa shape index (κ1) is 33.4. The highest BCUT2D eigenvalue weighted by Crippen LogP contribution is 2.55. The zero-order valence-electron chi connectivity index (χ0n) is 31.4. The third-order valence-electron chi connectivity index (χ3n) is 11.8. The summed E-state index contributed by atoms with van der Waals surface area (Å²) in [7, 11) is 0. The van der Waals surface area contributed by atoms with Gasteiger partial charge in [0.1, 0.15) is 0 Å². The minimum atomic E-state index is -0.256. The topological polar surface area (TPSA) is 25.8 Å². The van der Waals surface area contributed by atoms with Crippen LogP contribution < -0.4 is 0 Å². The summed E-state index contributed by atoms with van der Waals surface area (Å²) in [6.07, 6.45) is 0. The lowest BCUT2D eigenvalue weighted by Gasteiger charge is -2.28. The SMILES string of the molecule is CC1(c2ccccc2)c2ccccc2-c2c(-c3cccc(-c4cc(-c5ccc(-c6ccc7c(c6)sc6ccccc67)cc5)nc(-c5ccccc5)n4)c3)cccc21. The molecule has 0 fully saturated rings. The Morgan fingerprint density at radius 2 is 0.982 bits per heavy atom. The van der Waals surface area contributed by atoms with Crippen molar-refractivity contribution in [1.29, 1.82) is 0 Å². The zero-order chi connectivity index (χ0) is 37.9. The summed E-state index contributed by atoms with van der Waals surface area (Å²) in [4.78, 5) is 10.4. The van der Waals surface area contributed by atoms with E-state index in [0.29, 0.717) is 5.82 Å². The lowest BCUT2D eigenvalue weighted by molar-refractivity contribution is 0.714. The van der Waals surface area contributed by atoms with Crippen molar-refractivity contribution in [3.8, 4) is 67.3 Å². The second-order valence-corrected chi connectivity index (χ2v) is 16.1. The fourth-order valence-corrected chi connectivity index (χ4v) is 10.1.